The molecule has 1 aliphatic heterocycles. The number of pyridine rings is 1. The molecule has 1 unspecified atom stereocenters. The molecule has 0 amide bonds. The first-order valence-corrected chi connectivity index (χ1v) is 8.94. The van der Waals surface area contributed by atoms with Gasteiger partial charge in [0, 0.05) is 53.7 Å². The van der Waals surface area contributed by atoms with Gasteiger partial charge in [0.2, 0.25) is 0 Å². The lowest BCUT2D eigenvalue weighted by molar-refractivity contribution is 0.208. The fraction of sp³-hybridized carbons (Fsp3) is 0.286. The van der Waals surface area contributed by atoms with Gasteiger partial charge in [-0.3, -0.25) is 9.88 Å². The molecule has 2 heterocycles. The molecule has 0 radical (unpaired) electrons. The van der Waals surface area contributed by atoms with Gasteiger partial charge in [-0.2, -0.15) is 0 Å². The van der Waals surface area contributed by atoms with Crippen LogP contribution in [0.15, 0.2) is 60.9 Å². The number of nitrogens with zero attached hydrogens (tertiary/aromatic N) is 2. The summed E-state index contributed by atoms with van der Waals surface area (Å²) in [7, 11) is 0. The second-order valence-corrected chi connectivity index (χ2v) is 6.83. The van der Waals surface area contributed by atoms with Crippen molar-refractivity contribution in [3.8, 4) is 0 Å². The fourth-order valence-electron chi connectivity index (χ4n) is 3.72. The molecule has 128 valence electrons. The third kappa shape index (κ3) is 3.59. The summed E-state index contributed by atoms with van der Waals surface area (Å²) >= 11 is 0. The van der Waals surface area contributed by atoms with Gasteiger partial charge in [0.25, 0.3) is 0 Å². The van der Waals surface area contributed by atoms with Crippen LogP contribution in [0, 0.1) is 0 Å². The van der Waals surface area contributed by atoms with Crippen LogP contribution < -0.4 is 11.1 Å². The summed E-state index contributed by atoms with van der Waals surface area (Å²) in [5.74, 6) is 0. The van der Waals surface area contributed by atoms with Crippen molar-refractivity contribution in [2.24, 2.45) is 0 Å². The average Bonchev–Trinajstić information content (AvgIpc) is 2.65. The molecule has 1 saturated heterocycles. The molecule has 1 aromatic heterocycles. The van der Waals surface area contributed by atoms with Crippen LogP contribution in [0.3, 0.4) is 0 Å². The summed E-state index contributed by atoms with van der Waals surface area (Å²) in [6, 6.07) is 17.2. The normalized spacial score (nSPS) is 18.3. The number of fused-ring (bicyclic) bond motifs is 1. The third-order valence-electron chi connectivity index (χ3n) is 4.97. The Labute approximate surface area is 148 Å². The van der Waals surface area contributed by atoms with E-state index in [0.717, 1.165) is 41.8 Å². The number of hydrogen-bond acceptors (Lipinski definition) is 4. The number of rotatable bonds is 4. The Balaban J connectivity index is 1.49. The van der Waals surface area contributed by atoms with Gasteiger partial charge in [-0.05, 0) is 43.1 Å². The number of nitrogens with one attached hydrogen (secondary N) is 1. The van der Waals surface area contributed by atoms with Crippen LogP contribution in [0.1, 0.15) is 18.4 Å². The van der Waals surface area contributed by atoms with E-state index >= 15 is 0 Å². The molecule has 25 heavy (non-hydrogen) atoms. The van der Waals surface area contributed by atoms with Gasteiger partial charge in [0.05, 0.1) is 0 Å². The molecule has 2 aromatic carbocycles. The first kappa shape index (κ1) is 15.9. The molecule has 4 nitrogen and oxygen atoms in total. The zero-order valence-corrected chi connectivity index (χ0v) is 14.4. The second kappa shape index (κ2) is 7.11. The Hall–Kier alpha value is -2.59. The second-order valence-electron chi connectivity index (χ2n) is 6.83. The number of nitrogen functional groups attached to an aromatic ring is 1. The average molecular weight is 332 g/mol. The Kier molecular flexibility index (Phi) is 4.53. The molecular formula is C21H24N4. The first-order valence-electron chi connectivity index (χ1n) is 8.94. The van der Waals surface area contributed by atoms with E-state index in [4.69, 9.17) is 5.73 Å². The van der Waals surface area contributed by atoms with Gasteiger partial charge in [-0.1, -0.05) is 30.3 Å². The third-order valence-corrected chi connectivity index (χ3v) is 4.97. The molecule has 0 bridgehead atoms. The standard InChI is InChI=1S/C21H24N4/c22-20-8-9-21(19-13-23-11-10-18(19)20)24-17-7-4-12-25(15-17)14-16-5-2-1-3-6-16/h1-3,5-6,8-11,13,17,24H,4,7,12,14-15,22H2. The molecule has 3 N–H and O–H groups in total. The number of hydrogen-bond donors (Lipinski definition) is 2. The van der Waals surface area contributed by atoms with E-state index in [9.17, 15) is 0 Å². The number of benzene rings is 2. The molecule has 1 aliphatic rings. The minimum Gasteiger partial charge on any atom is -0.398 e. The predicted octanol–water partition coefficient (Wildman–Crippen LogP) is 3.89. The lowest BCUT2D eigenvalue weighted by atomic mass is 10.0. The smallest absolute Gasteiger partial charge is 0.0439 e. The number of nitrogens with two attached hydrogens (primary N) is 1. The van der Waals surface area contributed by atoms with Gasteiger partial charge >= 0.3 is 0 Å². The zero-order valence-electron chi connectivity index (χ0n) is 14.4. The van der Waals surface area contributed by atoms with Gasteiger partial charge in [-0.15, -0.1) is 0 Å². The number of likely N-dealkylation sites (tertiary alicyclic amines) is 1. The summed E-state index contributed by atoms with van der Waals surface area (Å²) < 4.78 is 0. The molecule has 0 spiro atoms. The van der Waals surface area contributed by atoms with Gasteiger partial charge in [0.15, 0.2) is 0 Å². The zero-order chi connectivity index (χ0) is 17.1. The summed E-state index contributed by atoms with van der Waals surface area (Å²) in [4.78, 5) is 6.81. The highest BCUT2D eigenvalue weighted by atomic mass is 15.2. The van der Waals surface area contributed by atoms with Gasteiger partial charge in [0.1, 0.15) is 0 Å². The molecule has 0 aliphatic carbocycles. The van der Waals surface area contributed by atoms with Crippen LogP contribution in [0.2, 0.25) is 0 Å². The molecule has 1 fully saturated rings. The van der Waals surface area contributed by atoms with Crippen molar-refractivity contribution in [2.75, 3.05) is 24.1 Å². The Bertz CT molecular complexity index is 847. The largest absolute Gasteiger partial charge is 0.398 e. The molecule has 3 aromatic rings. The van der Waals surface area contributed by atoms with Crippen molar-refractivity contribution < 1.29 is 0 Å². The summed E-state index contributed by atoms with van der Waals surface area (Å²) in [6.45, 7) is 3.24. The number of aromatic nitrogens is 1. The monoisotopic (exact) mass is 332 g/mol. The molecule has 4 heteroatoms. The van der Waals surface area contributed by atoms with Crippen LogP contribution in [-0.4, -0.2) is 29.0 Å². The van der Waals surface area contributed by atoms with Crippen LogP contribution in [0.5, 0.6) is 0 Å². The summed E-state index contributed by atoms with van der Waals surface area (Å²) in [6.07, 6.45) is 6.11. The SMILES string of the molecule is Nc1ccc(NC2CCCN(Cc3ccccc3)C2)c2cnccc12. The lowest BCUT2D eigenvalue weighted by Crippen LogP contribution is -2.41. The maximum atomic E-state index is 6.10. The van der Waals surface area contributed by atoms with Gasteiger partial charge in [-0.25, -0.2) is 0 Å². The van der Waals surface area contributed by atoms with Crippen molar-refractivity contribution in [1.29, 1.82) is 0 Å². The van der Waals surface area contributed by atoms with Crippen molar-refractivity contribution in [1.82, 2.24) is 9.88 Å². The van der Waals surface area contributed by atoms with Crippen molar-refractivity contribution in [3.63, 3.8) is 0 Å². The van der Waals surface area contributed by atoms with Gasteiger partial charge < -0.3 is 11.1 Å². The summed E-state index contributed by atoms with van der Waals surface area (Å²) in [5.41, 5.74) is 9.41. The number of anilines is 2. The van der Waals surface area contributed by atoms with Crippen molar-refractivity contribution >= 4 is 22.1 Å². The van der Waals surface area contributed by atoms with E-state index in [1.54, 1.807) is 6.20 Å². The topological polar surface area (TPSA) is 54.2 Å². The first-order chi connectivity index (χ1) is 12.3. The van der Waals surface area contributed by atoms with Crippen LogP contribution in [0.25, 0.3) is 10.8 Å². The molecule has 0 saturated carbocycles. The molecule has 1 atom stereocenters. The van der Waals surface area contributed by atoms with E-state index in [-0.39, 0.29) is 0 Å². The highest BCUT2D eigenvalue weighted by molar-refractivity contribution is 6.00. The minimum atomic E-state index is 0.449. The van der Waals surface area contributed by atoms with E-state index in [0.29, 0.717) is 6.04 Å². The van der Waals surface area contributed by atoms with Crippen LogP contribution in [0.4, 0.5) is 11.4 Å². The predicted molar refractivity (Wildman–Crippen MR) is 105 cm³/mol. The Morgan fingerprint density at radius 3 is 2.84 bits per heavy atom. The molecular weight excluding hydrogens is 308 g/mol. The maximum absolute atomic E-state index is 6.10. The van der Waals surface area contributed by atoms with Crippen molar-refractivity contribution in [2.45, 2.75) is 25.4 Å². The van der Waals surface area contributed by atoms with Crippen LogP contribution in [-0.2, 0) is 6.54 Å². The quantitative estimate of drug-likeness (QED) is 0.712. The maximum Gasteiger partial charge on any atom is 0.0439 e. The molecule has 4 rings (SSSR count). The minimum absolute atomic E-state index is 0.449. The fourth-order valence-corrected chi connectivity index (χ4v) is 3.72. The van der Waals surface area contributed by atoms with E-state index < -0.39 is 0 Å². The van der Waals surface area contributed by atoms with E-state index in [2.05, 4.69) is 51.6 Å². The Morgan fingerprint density at radius 2 is 1.96 bits per heavy atom. The van der Waals surface area contributed by atoms with E-state index in [1.165, 1.54) is 18.4 Å². The summed E-state index contributed by atoms with van der Waals surface area (Å²) in [5, 5.41) is 5.90. The highest BCUT2D eigenvalue weighted by Crippen LogP contribution is 2.29. The van der Waals surface area contributed by atoms with E-state index in [1.807, 2.05) is 18.3 Å². The number of piperidine rings is 1. The Morgan fingerprint density at radius 1 is 1.08 bits per heavy atom. The van der Waals surface area contributed by atoms with Crippen molar-refractivity contribution in [3.05, 3.63) is 66.5 Å². The van der Waals surface area contributed by atoms with Crippen LogP contribution >= 0.6 is 0 Å². The highest BCUT2D eigenvalue weighted by Gasteiger charge is 2.20. The lowest BCUT2D eigenvalue weighted by Gasteiger charge is -2.34.